The molecule has 0 bridgehead atoms. The number of ether oxygens (including phenoxy) is 6. The summed E-state index contributed by atoms with van der Waals surface area (Å²) in [4.78, 5) is 12.5. The van der Waals surface area contributed by atoms with Gasteiger partial charge < -0.3 is 38.0 Å². The van der Waals surface area contributed by atoms with E-state index in [1.807, 2.05) is 44.2 Å². The average molecular weight is 671 g/mol. The molecule has 1 fully saturated rings. The summed E-state index contributed by atoms with van der Waals surface area (Å²) in [6, 6.07) is 10.8. The number of rotatable bonds is 15. The number of carbonyl (C=O) groups excluding carboxylic acids is 1. The predicted octanol–water partition coefficient (Wildman–Crippen LogP) is 8.06. The normalized spacial score (nSPS) is 19.6. The number of methoxy groups -OCH3 is 3. The molecule has 1 unspecified atom stereocenters. The molecule has 10 heteroatoms. The van der Waals surface area contributed by atoms with Crippen molar-refractivity contribution < 1.29 is 42.7 Å². The highest BCUT2D eigenvalue weighted by Crippen LogP contribution is 2.38. The fourth-order valence-electron chi connectivity index (χ4n) is 5.15. The van der Waals surface area contributed by atoms with Crippen molar-refractivity contribution in [2.24, 2.45) is 0 Å². The molecular weight excluding hydrogens is 616 g/mol. The molecule has 0 saturated carbocycles. The summed E-state index contributed by atoms with van der Waals surface area (Å²) in [5, 5.41) is 10.6. The van der Waals surface area contributed by atoms with Gasteiger partial charge in [-0.2, -0.15) is 0 Å². The van der Waals surface area contributed by atoms with E-state index in [1.165, 1.54) is 20.3 Å². The molecule has 0 amide bonds. The number of phenols is 1. The smallest absolute Gasteiger partial charge is 0.342 e. The van der Waals surface area contributed by atoms with Crippen LogP contribution in [0.25, 0.3) is 6.08 Å². The SMILES string of the molecule is COC(=O)c1c(O)cc(OC)cc1/C=C/C[C@@H]1OC(C)(C)O[C@@H]1C(/C=C\C[C@@H](C)O[Si](C)(C)C(C)(C)C)OCc1ccc(OC)cc1. The van der Waals surface area contributed by atoms with E-state index in [0.717, 1.165) is 17.7 Å². The molecule has 47 heavy (non-hydrogen) atoms. The first-order valence-corrected chi connectivity index (χ1v) is 19.0. The molecule has 3 rings (SSSR count). The minimum Gasteiger partial charge on any atom is -0.507 e. The Hall–Kier alpha value is -3.15. The predicted molar refractivity (Wildman–Crippen MR) is 187 cm³/mol. The maximum absolute atomic E-state index is 12.5. The van der Waals surface area contributed by atoms with E-state index in [-0.39, 0.29) is 28.6 Å². The van der Waals surface area contributed by atoms with Crippen molar-refractivity contribution >= 4 is 20.4 Å². The van der Waals surface area contributed by atoms with Crippen molar-refractivity contribution in [1.82, 2.24) is 0 Å². The number of hydrogen-bond donors (Lipinski definition) is 1. The van der Waals surface area contributed by atoms with Gasteiger partial charge in [0, 0.05) is 12.2 Å². The van der Waals surface area contributed by atoms with Gasteiger partial charge in [0.2, 0.25) is 0 Å². The summed E-state index contributed by atoms with van der Waals surface area (Å²) in [5.74, 6) is -0.518. The van der Waals surface area contributed by atoms with Crippen molar-refractivity contribution in [3.8, 4) is 17.2 Å². The van der Waals surface area contributed by atoms with Gasteiger partial charge in [-0.05, 0) is 81.1 Å². The molecule has 260 valence electrons. The molecule has 9 nitrogen and oxygen atoms in total. The van der Waals surface area contributed by atoms with Crippen molar-refractivity contribution in [3.05, 3.63) is 71.3 Å². The number of aromatic hydroxyl groups is 1. The first-order chi connectivity index (χ1) is 22.0. The third-order valence-corrected chi connectivity index (χ3v) is 13.3. The van der Waals surface area contributed by atoms with Gasteiger partial charge in [0.15, 0.2) is 14.1 Å². The lowest BCUT2D eigenvalue weighted by molar-refractivity contribution is -0.156. The van der Waals surface area contributed by atoms with Gasteiger partial charge in [-0.1, -0.05) is 57.2 Å². The minimum atomic E-state index is -1.91. The molecule has 1 heterocycles. The van der Waals surface area contributed by atoms with E-state index < -0.39 is 32.3 Å². The second-order valence-corrected chi connectivity index (χ2v) is 18.6. The van der Waals surface area contributed by atoms with Gasteiger partial charge in [-0.3, -0.25) is 0 Å². The third-order valence-electron chi connectivity index (χ3n) is 8.66. The van der Waals surface area contributed by atoms with Crippen molar-refractivity contribution in [1.29, 1.82) is 0 Å². The molecule has 0 radical (unpaired) electrons. The summed E-state index contributed by atoms with van der Waals surface area (Å²) in [7, 11) is 2.50. The van der Waals surface area contributed by atoms with E-state index in [0.29, 0.717) is 24.3 Å². The van der Waals surface area contributed by atoms with E-state index >= 15 is 0 Å². The third kappa shape index (κ3) is 10.7. The van der Waals surface area contributed by atoms with Gasteiger partial charge in [0.05, 0.1) is 34.0 Å². The van der Waals surface area contributed by atoms with Crippen LogP contribution in [-0.2, 0) is 30.0 Å². The minimum absolute atomic E-state index is 0.0496. The van der Waals surface area contributed by atoms with Gasteiger partial charge >= 0.3 is 5.97 Å². The number of esters is 1. The second-order valence-electron chi connectivity index (χ2n) is 13.9. The van der Waals surface area contributed by atoms with Crippen LogP contribution in [0.3, 0.4) is 0 Å². The highest BCUT2D eigenvalue weighted by Gasteiger charge is 2.44. The summed E-state index contributed by atoms with van der Waals surface area (Å²) in [5.41, 5.74) is 1.52. The standard InChI is InChI=1S/C37H54O9Si/c1-25(46-47(10,11)36(2,3)4)14-12-16-31(43-24-26-18-20-28(40-7)21-19-26)34-32(44-37(5,6)45-34)17-13-15-27-22-29(41-8)23-30(38)33(27)35(39)42-9/h12-13,15-16,18-23,25,31-32,34,38H,14,17,24H2,1-11H3/b15-13+,16-12-/t25-,31?,32+,34-/m1/s1. The van der Waals surface area contributed by atoms with Crippen LogP contribution in [0.5, 0.6) is 17.2 Å². The molecule has 0 aliphatic carbocycles. The largest absolute Gasteiger partial charge is 0.507 e. The Bertz CT molecular complexity index is 1380. The molecule has 1 saturated heterocycles. The van der Waals surface area contributed by atoms with Crippen LogP contribution in [-0.4, -0.2) is 70.9 Å². The molecule has 4 atom stereocenters. The molecule has 1 aliphatic heterocycles. The second kappa shape index (κ2) is 16.3. The van der Waals surface area contributed by atoms with Crippen LogP contribution >= 0.6 is 0 Å². The zero-order valence-corrected chi connectivity index (χ0v) is 30.9. The summed E-state index contributed by atoms with van der Waals surface area (Å²) in [6.45, 7) is 17.5. The van der Waals surface area contributed by atoms with Gasteiger partial charge in [0.1, 0.15) is 35.0 Å². The van der Waals surface area contributed by atoms with E-state index in [2.05, 4.69) is 52.9 Å². The summed E-state index contributed by atoms with van der Waals surface area (Å²) >= 11 is 0. The van der Waals surface area contributed by atoms with Crippen molar-refractivity contribution in [2.75, 3.05) is 21.3 Å². The van der Waals surface area contributed by atoms with Gasteiger partial charge in [-0.25, -0.2) is 4.79 Å². The fraction of sp³-hybridized carbons (Fsp3) is 0.541. The summed E-state index contributed by atoms with van der Waals surface area (Å²) in [6.07, 6.45) is 7.81. The van der Waals surface area contributed by atoms with Crippen LogP contribution in [0.4, 0.5) is 0 Å². The van der Waals surface area contributed by atoms with E-state index in [4.69, 9.17) is 32.8 Å². The number of carbonyl (C=O) groups is 1. The van der Waals surface area contributed by atoms with Crippen LogP contribution in [0, 0.1) is 0 Å². The molecule has 1 N–H and O–H groups in total. The highest BCUT2D eigenvalue weighted by atomic mass is 28.4. The Morgan fingerprint density at radius 3 is 2.28 bits per heavy atom. The lowest BCUT2D eigenvalue weighted by Gasteiger charge is -2.38. The Kier molecular flexibility index (Phi) is 13.3. The quantitative estimate of drug-likeness (QED) is 0.115. The van der Waals surface area contributed by atoms with Crippen molar-refractivity contribution in [2.45, 2.75) is 109 Å². The Morgan fingerprint density at radius 2 is 1.68 bits per heavy atom. The Balaban J connectivity index is 1.86. The molecule has 0 spiro atoms. The molecule has 1 aliphatic rings. The lowest BCUT2D eigenvalue weighted by Crippen LogP contribution is -2.43. The summed E-state index contributed by atoms with van der Waals surface area (Å²) < 4.78 is 41.5. The van der Waals surface area contributed by atoms with Crippen LogP contribution in [0.15, 0.2) is 54.6 Å². The Morgan fingerprint density at radius 1 is 1.02 bits per heavy atom. The first kappa shape index (κ1) is 38.3. The molecule has 2 aromatic carbocycles. The number of benzene rings is 2. The van der Waals surface area contributed by atoms with E-state index in [1.54, 1.807) is 19.3 Å². The molecule has 2 aromatic rings. The highest BCUT2D eigenvalue weighted by molar-refractivity contribution is 6.74. The van der Waals surface area contributed by atoms with Crippen molar-refractivity contribution in [3.63, 3.8) is 0 Å². The van der Waals surface area contributed by atoms with Gasteiger partial charge in [0.25, 0.3) is 0 Å². The first-order valence-electron chi connectivity index (χ1n) is 16.1. The zero-order chi connectivity index (χ0) is 35.0. The molecule has 0 aromatic heterocycles. The van der Waals surface area contributed by atoms with E-state index in [9.17, 15) is 9.90 Å². The average Bonchev–Trinajstić information content (AvgIpc) is 3.31. The maximum Gasteiger partial charge on any atom is 0.342 e. The number of phenolic OH excluding ortho intramolecular Hbond substituents is 1. The maximum atomic E-state index is 12.5. The van der Waals surface area contributed by atoms with Crippen LogP contribution in [0.1, 0.15) is 75.9 Å². The monoisotopic (exact) mass is 670 g/mol. The topological polar surface area (TPSA) is 102 Å². The fourth-order valence-corrected chi connectivity index (χ4v) is 6.61. The Labute approximate surface area is 281 Å². The lowest BCUT2D eigenvalue weighted by atomic mass is 10.0. The van der Waals surface area contributed by atoms with Gasteiger partial charge in [-0.15, -0.1) is 0 Å². The van der Waals surface area contributed by atoms with Crippen LogP contribution < -0.4 is 9.47 Å². The number of hydrogen-bond acceptors (Lipinski definition) is 9. The molecular formula is C37H54O9Si. The zero-order valence-electron chi connectivity index (χ0n) is 29.9. The van der Waals surface area contributed by atoms with Crippen LogP contribution in [0.2, 0.25) is 18.1 Å².